The zero-order chi connectivity index (χ0) is 14.7. The molecule has 112 valence electrons. The van der Waals surface area contributed by atoms with E-state index in [-0.39, 0.29) is 18.0 Å². The lowest BCUT2D eigenvalue weighted by Crippen LogP contribution is -2.43. The lowest BCUT2D eigenvalue weighted by molar-refractivity contribution is 0.0966. The Kier molecular flexibility index (Phi) is 4.59. The topological polar surface area (TPSA) is 91.4 Å². The third kappa shape index (κ3) is 3.09. The van der Waals surface area contributed by atoms with Crippen molar-refractivity contribution in [3.63, 3.8) is 0 Å². The molecule has 2 rings (SSSR count). The van der Waals surface area contributed by atoms with E-state index in [2.05, 4.69) is 33.7 Å². The van der Waals surface area contributed by atoms with Crippen LogP contribution in [0.2, 0.25) is 0 Å². The van der Waals surface area contributed by atoms with Crippen molar-refractivity contribution in [2.75, 3.05) is 41.7 Å². The normalized spacial score (nSPS) is 22.9. The number of hydrogen-bond donors (Lipinski definition) is 2. The minimum atomic E-state index is -0.243. The number of nitrogens with zero attached hydrogens (tertiary/aromatic N) is 5. The Balaban J connectivity index is 2.23. The van der Waals surface area contributed by atoms with Crippen LogP contribution in [0.4, 0.5) is 17.8 Å². The van der Waals surface area contributed by atoms with Crippen LogP contribution in [-0.4, -0.2) is 52.3 Å². The highest BCUT2D eigenvalue weighted by Gasteiger charge is 2.26. The van der Waals surface area contributed by atoms with Crippen LogP contribution in [0.5, 0.6) is 0 Å². The third-order valence-electron chi connectivity index (χ3n) is 3.82. The van der Waals surface area contributed by atoms with Crippen molar-refractivity contribution in [2.24, 2.45) is 5.92 Å². The van der Waals surface area contributed by atoms with Gasteiger partial charge in [0.2, 0.25) is 17.8 Å². The molecule has 0 radical (unpaired) electrons. The van der Waals surface area contributed by atoms with Crippen molar-refractivity contribution >= 4 is 17.8 Å². The Morgan fingerprint density at radius 1 is 1.30 bits per heavy atom. The van der Waals surface area contributed by atoms with Gasteiger partial charge in [-0.2, -0.15) is 15.0 Å². The first-order chi connectivity index (χ1) is 9.55. The van der Waals surface area contributed by atoms with Crippen LogP contribution < -0.4 is 15.5 Å². The van der Waals surface area contributed by atoms with Gasteiger partial charge in [0.25, 0.3) is 0 Å². The summed E-state index contributed by atoms with van der Waals surface area (Å²) >= 11 is 0. The number of aromatic nitrogens is 3. The van der Waals surface area contributed by atoms with E-state index >= 15 is 0 Å². The maximum atomic E-state index is 9.80. The minimum absolute atomic E-state index is 0.207. The van der Waals surface area contributed by atoms with Crippen molar-refractivity contribution in [3.8, 4) is 0 Å². The molecule has 1 saturated heterocycles. The standard InChI is InChI=1S/C13H24N6O/c1-4-18(5-2)12-15-11(14)16-13(17-12)19-7-6-10(20)9(3)8-19/h9-10,20H,4-8H2,1-3H3,(H2,14,15,16,17). The number of rotatable bonds is 4. The highest BCUT2D eigenvalue weighted by atomic mass is 16.3. The monoisotopic (exact) mass is 280 g/mol. The Bertz CT molecular complexity index is 450. The number of nitrogens with two attached hydrogens (primary N) is 1. The van der Waals surface area contributed by atoms with E-state index < -0.39 is 0 Å². The van der Waals surface area contributed by atoms with Crippen LogP contribution >= 0.6 is 0 Å². The Labute approximate surface area is 119 Å². The fourth-order valence-corrected chi connectivity index (χ4v) is 2.47. The number of aliphatic hydroxyl groups is 1. The molecule has 0 spiro atoms. The molecule has 1 aliphatic heterocycles. The number of piperidine rings is 1. The molecule has 0 amide bonds. The van der Waals surface area contributed by atoms with Gasteiger partial charge >= 0.3 is 0 Å². The predicted molar refractivity (Wildman–Crippen MR) is 79.8 cm³/mol. The predicted octanol–water partition coefficient (Wildman–Crippen LogP) is 0.507. The maximum absolute atomic E-state index is 9.80. The van der Waals surface area contributed by atoms with Crippen molar-refractivity contribution in [2.45, 2.75) is 33.3 Å². The number of nitrogen functional groups attached to an aromatic ring is 1. The lowest BCUT2D eigenvalue weighted by Gasteiger charge is -2.34. The van der Waals surface area contributed by atoms with E-state index in [1.807, 2.05) is 11.8 Å². The summed E-state index contributed by atoms with van der Waals surface area (Å²) in [5.74, 6) is 1.68. The molecular weight excluding hydrogens is 256 g/mol. The second kappa shape index (κ2) is 6.21. The summed E-state index contributed by atoms with van der Waals surface area (Å²) in [6, 6.07) is 0. The maximum Gasteiger partial charge on any atom is 0.231 e. The van der Waals surface area contributed by atoms with Crippen molar-refractivity contribution in [1.29, 1.82) is 0 Å². The molecule has 1 fully saturated rings. The summed E-state index contributed by atoms with van der Waals surface area (Å²) in [6.07, 6.45) is 0.487. The molecule has 20 heavy (non-hydrogen) atoms. The molecule has 0 saturated carbocycles. The molecule has 1 aliphatic rings. The zero-order valence-electron chi connectivity index (χ0n) is 12.5. The summed E-state index contributed by atoms with van der Waals surface area (Å²) in [4.78, 5) is 17.1. The number of hydrogen-bond acceptors (Lipinski definition) is 7. The molecule has 2 unspecified atom stereocenters. The molecule has 1 aromatic heterocycles. The van der Waals surface area contributed by atoms with E-state index in [1.54, 1.807) is 0 Å². The fraction of sp³-hybridized carbons (Fsp3) is 0.769. The van der Waals surface area contributed by atoms with Gasteiger partial charge in [-0.1, -0.05) is 6.92 Å². The molecule has 7 nitrogen and oxygen atoms in total. The molecule has 2 heterocycles. The summed E-state index contributed by atoms with van der Waals surface area (Å²) in [5, 5.41) is 9.80. The van der Waals surface area contributed by atoms with E-state index in [9.17, 15) is 5.11 Å². The molecule has 3 N–H and O–H groups in total. The van der Waals surface area contributed by atoms with Crippen LogP contribution in [0.3, 0.4) is 0 Å². The summed E-state index contributed by atoms with van der Waals surface area (Å²) in [5.41, 5.74) is 5.81. The first-order valence-corrected chi connectivity index (χ1v) is 7.24. The van der Waals surface area contributed by atoms with Gasteiger partial charge in [-0.15, -0.1) is 0 Å². The third-order valence-corrected chi connectivity index (χ3v) is 3.82. The van der Waals surface area contributed by atoms with E-state index in [4.69, 9.17) is 5.73 Å². The van der Waals surface area contributed by atoms with Crippen LogP contribution in [-0.2, 0) is 0 Å². The van der Waals surface area contributed by atoms with Crippen LogP contribution in [0.15, 0.2) is 0 Å². The van der Waals surface area contributed by atoms with Crippen LogP contribution in [0.25, 0.3) is 0 Å². The van der Waals surface area contributed by atoms with E-state index in [1.165, 1.54) is 0 Å². The average Bonchev–Trinajstić information content (AvgIpc) is 2.42. The van der Waals surface area contributed by atoms with Crippen LogP contribution in [0.1, 0.15) is 27.2 Å². The van der Waals surface area contributed by atoms with E-state index in [0.29, 0.717) is 11.9 Å². The van der Waals surface area contributed by atoms with Crippen molar-refractivity contribution in [3.05, 3.63) is 0 Å². The van der Waals surface area contributed by atoms with Gasteiger partial charge in [0, 0.05) is 26.2 Å². The van der Waals surface area contributed by atoms with Gasteiger partial charge in [0.1, 0.15) is 0 Å². The van der Waals surface area contributed by atoms with Gasteiger partial charge in [-0.05, 0) is 26.2 Å². The summed E-state index contributed by atoms with van der Waals surface area (Å²) < 4.78 is 0. The van der Waals surface area contributed by atoms with Gasteiger partial charge in [-0.3, -0.25) is 0 Å². The van der Waals surface area contributed by atoms with Gasteiger partial charge < -0.3 is 20.6 Å². The largest absolute Gasteiger partial charge is 0.393 e. The minimum Gasteiger partial charge on any atom is -0.393 e. The zero-order valence-corrected chi connectivity index (χ0v) is 12.5. The molecule has 2 atom stereocenters. The SMILES string of the molecule is CCN(CC)c1nc(N)nc(N2CCC(O)C(C)C2)n1. The molecule has 0 aliphatic carbocycles. The smallest absolute Gasteiger partial charge is 0.231 e. The summed E-state index contributed by atoms with van der Waals surface area (Å²) in [6.45, 7) is 9.29. The van der Waals surface area contributed by atoms with Gasteiger partial charge in [0.05, 0.1) is 6.10 Å². The molecule has 0 bridgehead atoms. The highest BCUT2D eigenvalue weighted by molar-refractivity contribution is 5.43. The molecule has 1 aromatic rings. The van der Waals surface area contributed by atoms with Crippen molar-refractivity contribution < 1.29 is 5.11 Å². The molecular formula is C13H24N6O. The first-order valence-electron chi connectivity index (χ1n) is 7.24. The Hall–Kier alpha value is -1.63. The van der Waals surface area contributed by atoms with Gasteiger partial charge in [-0.25, -0.2) is 0 Å². The quantitative estimate of drug-likeness (QED) is 0.830. The first kappa shape index (κ1) is 14.8. The second-order valence-corrected chi connectivity index (χ2v) is 5.25. The summed E-state index contributed by atoms with van der Waals surface area (Å²) in [7, 11) is 0. The Morgan fingerprint density at radius 2 is 2.00 bits per heavy atom. The number of anilines is 3. The lowest BCUT2D eigenvalue weighted by atomic mass is 9.97. The fourth-order valence-electron chi connectivity index (χ4n) is 2.47. The second-order valence-electron chi connectivity index (χ2n) is 5.25. The average molecular weight is 280 g/mol. The highest BCUT2D eigenvalue weighted by Crippen LogP contribution is 2.22. The van der Waals surface area contributed by atoms with Crippen molar-refractivity contribution in [1.82, 2.24) is 15.0 Å². The van der Waals surface area contributed by atoms with Crippen LogP contribution in [0, 0.1) is 5.92 Å². The molecule has 0 aromatic carbocycles. The number of aliphatic hydroxyl groups excluding tert-OH is 1. The molecule has 7 heteroatoms. The van der Waals surface area contributed by atoms with Gasteiger partial charge in [0.15, 0.2) is 0 Å². The Morgan fingerprint density at radius 3 is 2.60 bits per heavy atom. The van der Waals surface area contributed by atoms with E-state index in [0.717, 1.165) is 32.6 Å².